The van der Waals surface area contributed by atoms with Gasteiger partial charge in [-0.25, -0.2) is 17.6 Å². The van der Waals surface area contributed by atoms with E-state index in [2.05, 4.69) is 0 Å². The van der Waals surface area contributed by atoms with Crippen molar-refractivity contribution < 1.29 is 31.8 Å². The van der Waals surface area contributed by atoms with Crippen LogP contribution in [0.2, 0.25) is 0 Å². The molecule has 2 nitrogen and oxygen atoms in total. The van der Waals surface area contributed by atoms with Crippen molar-refractivity contribution in [3.8, 4) is 5.75 Å². The molecule has 1 atom stereocenters. The molecule has 37 heavy (non-hydrogen) atoms. The Hall–Kier alpha value is -2.93. The third-order valence-electron chi connectivity index (χ3n) is 7.40. The Bertz CT molecular complexity index is 1250. The Morgan fingerprint density at radius 3 is 2.22 bits per heavy atom. The van der Waals surface area contributed by atoms with Crippen LogP contribution in [0.25, 0.3) is 0 Å². The molecule has 0 radical (unpaired) electrons. The van der Waals surface area contributed by atoms with Crippen LogP contribution in [-0.4, -0.2) is 5.11 Å². The van der Waals surface area contributed by atoms with Gasteiger partial charge in [0.15, 0.2) is 23.2 Å². The van der Waals surface area contributed by atoms with Crippen molar-refractivity contribution in [3.05, 3.63) is 99.4 Å². The van der Waals surface area contributed by atoms with Crippen molar-refractivity contribution in [1.82, 2.24) is 0 Å². The first kappa shape index (κ1) is 27.1. The summed E-state index contributed by atoms with van der Waals surface area (Å²) in [6, 6.07) is 10.6. The highest BCUT2D eigenvalue weighted by molar-refractivity contribution is 5.33. The molecule has 1 unspecified atom stereocenters. The van der Waals surface area contributed by atoms with Gasteiger partial charge in [-0.2, -0.15) is 4.39 Å². The maximum absolute atomic E-state index is 14.8. The van der Waals surface area contributed by atoms with Crippen molar-refractivity contribution in [3.63, 3.8) is 0 Å². The standard InChI is InChI=1S/C30H31F5O2/c1-3-4-25(36)23-13-12-22(28(33)29(23)34)19-8-6-18(7-9-19)20-10-11-21(24(31)15-20)16-37-26-14-5-17(2)27(32)30(26)35/h5,10-15,18-19,25,36H,3-4,6-9,16H2,1-2H3. The van der Waals surface area contributed by atoms with Gasteiger partial charge in [-0.1, -0.05) is 43.7 Å². The minimum absolute atomic E-state index is 0.00779. The monoisotopic (exact) mass is 518 g/mol. The van der Waals surface area contributed by atoms with Gasteiger partial charge in [-0.3, -0.25) is 0 Å². The Morgan fingerprint density at radius 1 is 0.838 bits per heavy atom. The van der Waals surface area contributed by atoms with E-state index in [0.717, 1.165) is 5.56 Å². The number of hydrogen-bond acceptors (Lipinski definition) is 2. The molecular weight excluding hydrogens is 487 g/mol. The summed E-state index contributed by atoms with van der Waals surface area (Å²) >= 11 is 0. The van der Waals surface area contributed by atoms with Gasteiger partial charge in [0.2, 0.25) is 5.82 Å². The van der Waals surface area contributed by atoms with Crippen LogP contribution < -0.4 is 4.74 Å². The van der Waals surface area contributed by atoms with E-state index in [1.165, 1.54) is 31.2 Å². The highest BCUT2D eigenvalue weighted by Crippen LogP contribution is 2.42. The fraction of sp³-hybridized carbons (Fsp3) is 0.400. The zero-order valence-corrected chi connectivity index (χ0v) is 21.0. The Labute approximate surface area is 214 Å². The highest BCUT2D eigenvalue weighted by Gasteiger charge is 2.28. The summed E-state index contributed by atoms with van der Waals surface area (Å²) in [4.78, 5) is 0. The predicted octanol–water partition coefficient (Wildman–Crippen LogP) is 8.54. The molecule has 1 N–H and O–H groups in total. The summed E-state index contributed by atoms with van der Waals surface area (Å²) in [5.74, 6) is -4.81. The van der Waals surface area contributed by atoms with Crippen molar-refractivity contribution in [2.45, 2.75) is 76.9 Å². The summed E-state index contributed by atoms with van der Waals surface area (Å²) in [5, 5.41) is 10.1. The van der Waals surface area contributed by atoms with Gasteiger partial charge in [0.1, 0.15) is 12.4 Å². The Kier molecular flexibility index (Phi) is 8.53. The van der Waals surface area contributed by atoms with Crippen LogP contribution in [0.3, 0.4) is 0 Å². The molecule has 0 aliphatic heterocycles. The van der Waals surface area contributed by atoms with E-state index in [-0.39, 0.29) is 40.9 Å². The van der Waals surface area contributed by atoms with Gasteiger partial charge in [-0.15, -0.1) is 0 Å². The molecule has 0 heterocycles. The quantitative estimate of drug-likeness (QED) is 0.303. The van der Waals surface area contributed by atoms with Gasteiger partial charge in [-0.05, 0) is 79.7 Å². The average molecular weight is 519 g/mol. The van der Waals surface area contributed by atoms with Gasteiger partial charge >= 0.3 is 0 Å². The molecule has 1 fully saturated rings. The first-order valence-corrected chi connectivity index (χ1v) is 12.7. The summed E-state index contributed by atoms with van der Waals surface area (Å²) in [5.41, 5.74) is 1.50. The largest absolute Gasteiger partial charge is 0.486 e. The van der Waals surface area contributed by atoms with E-state index in [0.29, 0.717) is 44.1 Å². The number of aliphatic hydroxyl groups excluding tert-OH is 1. The van der Waals surface area contributed by atoms with Crippen molar-refractivity contribution in [2.24, 2.45) is 0 Å². The van der Waals surface area contributed by atoms with E-state index >= 15 is 0 Å². The molecule has 3 aromatic carbocycles. The second-order valence-corrected chi connectivity index (χ2v) is 9.87. The average Bonchev–Trinajstić information content (AvgIpc) is 2.89. The number of aliphatic hydroxyl groups is 1. The third-order valence-corrected chi connectivity index (χ3v) is 7.40. The minimum atomic E-state index is -1.10. The summed E-state index contributed by atoms with van der Waals surface area (Å²) in [6.45, 7) is 3.07. The number of hydrogen-bond donors (Lipinski definition) is 1. The normalized spacial score (nSPS) is 18.6. The Morgan fingerprint density at radius 2 is 1.54 bits per heavy atom. The lowest BCUT2D eigenvalue weighted by molar-refractivity contribution is 0.160. The lowest BCUT2D eigenvalue weighted by atomic mass is 9.75. The van der Waals surface area contributed by atoms with E-state index in [4.69, 9.17) is 4.74 Å². The molecule has 0 saturated heterocycles. The maximum atomic E-state index is 14.8. The smallest absolute Gasteiger partial charge is 0.200 e. The zero-order valence-electron chi connectivity index (χ0n) is 21.0. The van der Waals surface area contributed by atoms with Crippen LogP contribution in [0, 0.1) is 36.0 Å². The molecule has 3 aromatic rings. The number of aryl methyl sites for hydroxylation is 1. The zero-order chi connectivity index (χ0) is 26.7. The lowest BCUT2D eigenvalue weighted by Crippen LogP contribution is -2.15. The second-order valence-electron chi connectivity index (χ2n) is 9.87. The first-order chi connectivity index (χ1) is 17.7. The van der Waals surface area contributed by atoms with Crippen LogP contribution in [0.4, 0.5) is 22.0 Å². The predicted molar refractivity (Wildman–Crippen MR) is 132 cm³/mol. The topological polar surface area (TPSA) is 29.5 Å². The SMILES string of the molecule is CCCC(O)c1ccc(C2CCC(c3ccc(COc4ccc(C)c(F)c4F)c(F)c3)CC2)c(F)c1F. The number of ether oxygens (including phenoxy) is 1. The molecule has 4 rings (SSSR count). The van der Waals surface area contributed by atoms with Gasteiger partial charge in [0, 0.05) is 11.1 Å². The van der Waals surface area contributed by atoms with Crippen molar-refractivity contribution in [2.75, 3.05) is 0 Å². The number of halogens is 5. The fourth-order valence-corrected chi connectivity index (χ4v) is 5.15. The van der Waals surface area contributed by atoms with Crippen molar-refractivity contribution in [1.29, 1.82) is 0 Å². The molecule has 0 aromatic heterocycles. The molecule has 198 valence electrons. The van der Waals surface area contributed by atoms with Crippen molar-refractivity contribution >= 4 is 0 Å². The summed E-state index contributed by atoms with van der Waals surface area (Å²) in [7, 11) is 0. The fourth-order valence-electron chi connectivity index (χ4n) is 5.15. The second kappa shape index (κ2) is 11.6. The number of rotatable bonds is 8. The Balaban J connectivity index is 1.39. The molecular formula is C30H31F5O2. The molecule has 0 spiro atoms. The minimum Gasteiger partial charge on any atom is -0.486 e. The molecule has 0 amide bonds. The van der Waals surface area contributed by atoms with Crippen LogP contribution in [0.1, 0.15) is 91.2 Å². The number of benzene rings is 3. The maximum Gasteiger partial charge on any atom is 0.200 e. The first-order valence-electron chi connectivity index (χ1n) is 12.7. The third kappa shape index (κ3) is 5.82. The van der Waals surface area contributed by atoms with Gasteiger partial charge in [0.25, 0.3) is 0 Å². The summed E-state index contributed by atoms with van der Waals surface area (Å²) < 4.78 is 77.3. The highest BCUT2D eigenvalue weighted by atomic mass is 19.2. The lowest BCUT2D eigenvalue weighted by Gasteiger charge is -2.30. The molecule has 1 saturated carbocycles. The van der Waals surface area contributed by atoms with Crippen LogP contribution in [-0.2, 0) is 6.61 Å². The molecule has 7 heteroatoms. The molecule has 1 aliphatic carbocycles. The van der Waals surface area contributed by atoms with Gasteiger partial charge in [0.05, 0.1) is 6.10 Å². The summed E-state index contributed by atoms with van der Waals surface area (Å²) in [6.07, 6.45) is 2.64. The van der Waals surface area contributed by atoms with Crippen LogP contribution >= 0.6 is 0 Å². The van der Waals surface area contributed by atoms with E-state index in [9.17, 15) is 27.1 Å². The van der Waals surface area contributed by atoms with Crippen LogP contribution in [0.15, 0.2) is 42.5 Å². The molecule has 1 aliphatic rings. The van der Waals surface area contributed by atoms with E-state index in [1.54, 1.807) is 18.2 Å². The molecule has 0 bridgehead atoms. The van der Waals surface area contributed by atoms with E-state index < -0.39 is 35.2 Å². The van der Waals surface area contributed by atoms with Crippen LogP contribution in [0.5, 0.6) is 5.75 Å². The van der Waals surface area contributed by atoms with Gasteiger partial charge < -0.3 is 9.84 Å². The van der Waals surface area contributed by atoms with E-state index in [1.807, 2.05) is 6.92 Å².